The predicted octanol–water partition coefficient (Wildman–Crippen LogP) is -0.230. The number of carbonyl (C=O) groups excluding carboxylic acids is 1. The van der Waals surface area contributed by atoms with E-state index in [1.165, 1.54) is 0 Å². The van der Waals surface area contributed by atoms with Crippen molar-refractivity contribution in [3.05, 3.63) is 27.2 Å². The molecule has 10 heteroatoms. The van der Waals surface area contributed by atoms with Crippen LogP contribution in [-0.2, 0) is 10.0 Å². The molecule has 0 bridgehead atoms. The molecule has 1 N–H and O–H groups in total. The number of nitrogens with zero attached hydrogens (tertiary/aromatic N) is 3. The molecule has 0 fully saturated rings. The highest BCUT2D eigenvalue weighted by atomic mass is 32.2. The third-order valence-corrected chi connectivity index (χ3v) is 4.59. The fourth-order valence-electron chi connectivity index (χ4n) is 1.87. The molecule has 0 aliphatic carbocycles. The molecule has 9 nitrogen and oxygen atoms in total. The summed E-state index contributed by atoms with van der Waals surface area (Å²) in [5.41, 5.74) is -3.43. The van der Waals surface area contributed by atoms with Crippen molar-refractivity contribution < 1.29 is 13.2 Å². The average Bonchev–Trinajstić information content (AvgIpc) is 2.82. The molecule has 2 heterocycles. The maximum absolute atomic E-state index is 12.5. The van der Waals surface area contributed by atoms with Crippen molar-refractivity contribution in [2.75, 3.05) is 6.26 Å². The van der Waals surface area contributed by atoms with Gasteiger partial charge in [0.25, 0.3) is 5.56 Å². The summed E-state index contributed by atoms with van der Waals surface area (Å²) in [5, 5.41) is 0. The summed E-state index contributed by atoms with van der Waals surface area (Å²) in [7, 11) is -3.80. The van der Waals surface area contributed by atoms with Gasteiger partial charge in [-0.1, -0.05) is 20.8 Å². The topological polar surface area (TPSA) is 124 Å². The molecule has 2 rings (SSSR count). The van der Waals surface area contributed by atoms with E-state index in [9.17, 15) is 22.8 Å². The first kappa shape index (κ1) is 16.1. The van der Waals surface area contributed by atoms with Gasteiger partial charge < -0.3 is 0 Å². The Balaban J connectivity index is 2.92. The first-order valence-electron chi connectivity index (χ1n) is 6.48. The molecule has 0 saturated carbocycles. The zero-order valence-electron chi connectivity index (χ0n) is 12.6. The van der Waals surface area contributed by atoms with Gasteiger partial charge in [0.1, 0.15) is 6.33 Å². The first-order chi connectivity index (χ1) is 10.0. The number of nitrogens with one attached hydrogen (secondary N) is 1. The second-order valence-electron chi connectivity index (χ2n) is 5.61. The summed E-state index contributed by atoms with van der Waals surface area (Å²) in [6.07, 6.45) is 2.21. The SMILES string of the molecule is CCC(C)(C)C(=O)n1c(=O)[nH]c2ncn(S(C)(=O)=O)c2c1=O. The Hall–Kier alpha value is -2.23. The van der Waals surface area contributed by atoms with Crippen molar-refractivity contribution in [3.63, 3.8) is 0 Å². The Bertz CT molecular complexity index is 977. The molecule has 2 aromatic heterocycles. The third kappa shape index (κ3) is 2.39. The van der Waals surface area contributed by atoms with Gasteiger partial charge in [-0.2, -0.15) is 4.57 Å². The third-order valence-electron chi connectivity index (χ3n) is 3.59. The monoisotopic (exact) mass is 328 g/mol. The van der Waals surface area contributed by atoms with Gasteiger partial charge in [0.2, 0.25) is 15.9 Å². The van der Waals surface area contributed by atoms with Gasteiger partial charge in [-0.15, -0.1) is 0 Å². The summed E-state index contributed by atoms with van der Waals surface area (Å²) < 4.78 is 24.4. The van der Waals surface area contributed by atoms with Crippen LogP contribution in [0.4, 0.5) is 0 Å². The van der Waals surface area contributed by atoms with E-state index >= 15 is 0 Å². The van der Waals surface area contributed by atoms with Crippen molar-refractivity contribution in [1.82, 2.24) is 18.5 Å². The Morgan fingerprint density at radius 2 is 1.95 bits per heavy atom. The van der Waals surface area contributed by atoms with Gasteiger partial charge in [-0.3, -0.25) is 14.6 Å². The smallest absolute Gasteiger partial charge is 0.289 e. The lowest BCUT2D eigenvalue weighted by Crippen LogP contribution is -2.45. The number of aromatic nitrogens is 4. The number of fused-ring (bicyclic) bond motifs is 1. The zero-order valence-corrected chi connectivity index (χ0v) is 13.4. The van der Waals surface area contributed by atoms with Crippen LogP contribution >= 0.6 is 0 Å². The van der Waals surface area contributed by atoms with Crippen LogP contribution in [0.5, 0.6) is 0 Å². The van der Waals surface area contributed by atoms with E-state index in [1.807, 2.05) is 0 Å². The standard InChI is InChI=1S/C12H16N4O5S/c1-5-12(2,3)10(18)16-9(17)7-8(14-11(16)19)13-6-15(7)22(4,20)21/h6H,5H2,1-4H3,(H,14,19). The highest BCUT2D eigenvalue weighted by Crippen LogP contribution is 2.21. The minimum absolute atomic E-state index is 0.182. The van der Waals surface area contributed by atoms with Crippen LogP contribution in [0.1, 0.15) is 32.0 Å². The van der Waals surface area contributed by atoms with E-state index in [-0.39, 0.29) is 11.2 Å². The van der Waals surface area contributed by atoms with Crippen molar-refractivity contribution in [2.24, 2.45) is 5.41 Å². The largest absolute Gasteiger partial charge is 0.337 e. The second kappa shape index (κ2) is 4.90. The maximum atomic E-state index is 12.5. The summed E-state index contributed by atoms with van der Waals surface area (Å²) in [6, 6.07) is 0. The minimum atomic E-state index is -3.80. The lowest BCUT2D eigenvalue weighted by atomic mass is 9.89. The van der Waals surface area contributed by atoms with Gasteiger partial charge in [-0.05, 0) is 6.42 Å². The molecule has 0 aromatic carbocycles. The Kier molecular flexibility index (Phi) is 3.60. The zero-order chi connectivity index (χ0) is 16.9. The van der Waals surface area contributed by atoms with E-state index in [4.69, 9.17) is 0 Å². The van der Waals surface area contributed by atoms with Gasteiger partial charge in [-0.25, -0.2) is 22.2 Å². The number of H-pyrrole nitrogens is 1. The molecule has 0 radical (unpaired) electrons. The molecule has 120 valence electrons. The number of hydrogen-bond donors (Lipinski definition) is 1. The molecule has 0 amide bonds. The summed E-state index contributed by atoms with van der Waals surface area (Å²) >= 11 is 0. The Morgan fingerprint density at radius 3 is 2.45 bits per heavy atom. The number of rotatable bonds is 3. The summed E-state index contributed by atoms with van der Waals surface area (Å²) in [5.74, 6) is -0.704. The second-order valence-corrected chi connectivity index (χ2v) is 7.47. The number of imidazole rings is 1. The van der Waals surface area contributed by atoms with Gasteiger partial charge in [0.05, 0.1) is 6.26 Å². The summed E-state index contributed by atoms with van der Waals surface area (Å²) in [6.45, 7) is 4.94. The molecule has 2 aromatic rings. The normalized spacial score (nSPS) is 12.7. The number of aromatic amines is 1. The maximum Gasteiger partial charge on any atom is 0.337 e. The molecule has 0 saturated heterocycles. The van der Waals surface area contributed by atoms with E-state index in [2.05, 4.69) is 9.97 Å². The molecular formula is C12H16N4O5S. The van der Waals surface area contributed by atoms with E-state index in [0.29, 0.717) is 15.0 Å². The van der Waals surface area contributed by atoms with E-state index in [1.54, 1.807) is 20.8 Å². The highest BCUT2D eigenvalue weighted by Gasteiger charge is 2.31. The quantitative estimate of drug-likeness (QED) is 0.830. The van der Waals surface area contributed by atoms with Gasteiger partial charge >= 0.3 is 5.69 Å². The van der Waals surface area contributed by atoms with Crippen LogP contribution in [0.3, 0.4) is 0 Å². The molecule has 22 heavy (non-hydrogen) atoms. The van der Waals surface area contributed by atoms with E-state index < -0.39 is 32.6 Å². The summed E-state index contributed by atoms with van der Waals surface area (Å²) in [4.78, 5) is 42.9. The molecule has 0 unspecified atom stereocenters. The van der Waals surface area contributed by atoms with Crippen LogP contribution in [0.2, 0.25) is 0 Å². The fourth-order valence-corrected chi connectivity index (χ4v) is 2.58. The van der Waals surface area contributed by atoms with Crippen molar-refractivity contribution in [3.8, 4) is 0 Å². The fraction of sp³-hybridized carbons (Fsp3) is 0.500. The van der Waals surface area contributed by atoms with Crippen molar-refractivity contribution in [2.45, 2.75) is 27.2 Å². The molecule has 0 aliphatic rings. The lowest BCUT2D eigenvalue weighted by molar-refractivity contribution is 0.0729. The highest BCUT2D eigenvalue weighted by molar-refractivity contribution is 7.89. The van der Waals surface area contributed by atoms with Gasteiger partial charge in [0, 0.05) is 5.41 Å². The molecule has 0 aliphatic heterocycles. The molecular weight excluding hydrogens is 312 g/mol. The molecule has 0 atom stereocenters. The molecule has 0 spiro atoms. The van der Waals surface area contributed by atoms with Crippen LogP contribution in [-0.4, -0.2) is 39.1 Å². The Labute approximate surface area is 125 Å². The van der Waals surface area contributed by atoms with Crippen molar-refractivity contribution in [1.29, 1.82) is 0 Å². The van der Waals surface area contributed by atoms with Gasteiger partial charge in [0.15, 0.2) is 11.2 Å². The van der Waals surface area contributed by atoms with Crippen LogP contribution in [0, 0.1) is 5.41 Å². The lowest BCUT2D eigenvalue weighted by Gasteiger charge is -2.20. The van der Waals surface area contributed by atoms with E-state index in [0.717, 1.165) is 12.6 Å². The van der Waals surface area contributed by atoms with Crippen LogP contribution < -0.4 is 11.2 Å². The minimum Gasteiger partial charge on any atom is -0.289 e. The van der Waals surface area contributed by atoms with Crippen LogP contribution in [0.15, 0.2) is 15.9 Å². The number of hydrogen-bond acceptors (Lipinski definition) is 6. The average molecular weight is 328 g/mol. The Morgan fingerprint density at radius 1 is 1.36 bits per heavy atom. The van der Waals surface area contributed by atoms with Crippen LogP contribution in [0.25, 0.3) is 11.2 Å². The predicted molar refractivity (Wildman–Crippen MR) is 79.6 cm³/mol. The van der Waals surface area contributed by atoms with Crippen molar-refractivity contribution >= 4 is 27.1 Å². The number of carbonyl (C=O) groups is 1. The first-order valence-corrected chi connectivity index (χ1v) is 8.33.